The zero-order valence-corrected chi connectivity index (χ0v) is 14.5. The number of Topliss-reactive ketones (excluding diaryl/α,β-unsaturated/α-hetero) is 1. The summed E-state index contributed by atoms with van der Waals surface area (Å²) in [4.78, 5) is 18.9. The molecule has 0 saturated carbocycles. The number of aromatic nitrogens is 1. The summed E-state index contributed by atoms with van der Waals surface area (Å²) in [6.07, 6.45) is 0.515. The lowest BCUT2D eigenvalue weighted by Crippen LogP contribution is -2.21. The molecule has 0 aliphatic carbocycles. The fraction of sp³-hybridized carbons (Fsp3) is 0.333. The molecule has 0 bridgehead atoms. The highest BCUT2D eigenvalue weighted by Gasteiger charge is 2.11. The van der Waals surface area contributed by atoms with E-state index in [4.69, 9.17) is 4.98 Å². The van der Waals surface area contributed by atoms with E-state index in [2.05, 4.69) is 35.8 Å². The van der Waals surface area contributed by atoms with E-state index in [-0.39, 0.29) is 5.78 Å². The van der Waals surface area contributed by atoms with E-state index in [1.54, 1.807) is 11.3 Å². The number of pyridine rings is 1. The molecule has 0 spiro atoms. The molecule has 0 fully saturated rings. The summed E-state index contributed by atoms with van der Waals surface area (Å²) < 4.78 is 1.22. The summed E-state index contributed by atoms with van der Waals surface area (Å²) in [5.74, 6) is 1.05. The van der Waals surface area contributed by atoms with Crippen LogP contribution in [0.5, 0.6) is 0 Å². The Balaban J connectivity index is 2.06. The van der Waals surface area contributed by atoms with Gasteiger partial charge >= 0.3 is 0 Å². The Morgan fingerprint density at radius 3 is 2.83 bits per heavy atom. The van der Waals surface area contributed by atoms with Crippen LogP contribution in [0, 0.1) is 0 Å². The van der Waals surface area contributed by atoms with Crippen molar-refractivity contribution in [1.82, 2.24) is 9.88 Å². The molecule has 3 aromatic rings. The number of hydrogen-bond donors (Lipinski definition) is 1. The number of carbonyl (C=O) groups excluding carboxylic acids is 1. The Kier molecular flexibility index (Phi) is 4.59. The monoisotopic (exact) mass is 327 g/mol. The van der Waals surface area contributed by atoms with Crippen LogP contribution in [0.3, 0.4) is 0 Å². The smallest absolute Gasteiger partial charge is 0.162 e. The van der Waals surface area contributed by atoms with Crippen molar-refractivity contribution in [2.45, 2.75) is 13.3 Å². The Bertz CT molecular complexity index is 854. The van der Waals surface area contributed by atoms with Crippen LogP contribution in [0.2, 0.25) is 0 Å². The summed E-state index contributed by atoms with van der Waals surface area (Å²) in [5, 5.41) is 7.78. The van der Waals surface area contributed by atoms with Crippen LogP contribution in [0.1, 0.15) is 23.7 Å². The van der Waals surface area contributed by atoms with E-state index in [1.165, 1.54) is 4.70 Å². The van der Waals surface area contributed by atoms with Crippen LogP contribution in [-0.4, -0.2) is 42.9 Å². The second-order valence-electron chi connectivity index (χ2n) is 5.86. The number of nitrogens with one attached hydrogen (secondary N) is 1. The van der Waals surface area contributed by atoms with Crippen molar-refractivity contribution in [2.75, 3.05) is 32.5 Å². The number of hydrogen-bond acceptors (Lipinski definition) is 5. The number of anilines is 1. The Hall–Kier alpha value is -1.98. The number of ketones is 1. The number of benzene rings is 1. The van der Waals surface area contributed by atoms with E-state index in [0.29, 0.717) is 6.42 Å². The molecule has 5 heteroatoms. The molecule has 0 atom stereocenters. The van der Waals surface area contributed by atoms with Gasteiger partial charge in [-0.3, -0.25) is 4.79 Å². The zero-order valence-electron chi connectivity index (χ0n) is 13.7. The lowest BCUT2D eigenvalue weighted by atomic mass is 10.1. The van der Waals surface area contributed by atoms with Gasteiger partial charge in [0.15, 0.2) is 5.78 Å². The van der Waals surface area contributed by atoms with Gasteiger partial charge < -0.3 is 10.2 Å². The van der Waals surface area contributed by atoms with Gasteiger partial charge in [0.1, 0.15) is 5.82 Å². The van der Waals surface area contributed by atoms with E-state index in [9.17, 15) is 4.79 Å². The molecule has 0 saturated heterocycles. The third-order valence-electron chi connectivity index (χ3n) is 3.89. The predicted molar refractivity (Wildman–Crippen MR) is 98.8 cm³/mol. The lowest BCUT2D eigenvalue weighted by molar-refractivity contribution is 0.0988. The van der Waals surface area contributed by atoms with Crippen LogP contribution >= 0.6 is 11.3 Å². The van der Waals surface area contributed by atoms with Crippen LogP contribution in [0.25, 0.3) is 21.0 Å². The largest absolute Gasteiger partial charge is 0.368 e. The molecule has 120 valence electrons. The van der Waals surface area contributed by atoms with Gasteiger partial charge in [-0.2, -0.15) is 0 Å². The molecule has 0 amide bonds. The SMILES string of the molecule is CCC(=O)c1ccc2c(c1)nc(NCCN(C)C)c1ccsc12. The number of nitrogens with zero attached hydrogens (tertiary/aromatic N) is 2. The molecule has 3 rings (SSSR count). The van der Waals surface area contributed by atoms with Gasteiger partial charge in [-0.25, -0.2) is 4.98 Å². The normalized spacial score (nSPS) is 11.5. The van der Waals surface area contributed by atoms with Gasteiger partial charge in [0.25, 0.3) is 0 Å². The molecule has 2 aromatic heterocycles. The molecular formula is C18H21N3OS. The van der Waals surface area contributed by atoms with E-state index >= 15 is 0 Å². The summed E-state index contributed by atoms with van der Waals surface area (Å²) in [5.41, 5.74) is 1.62. The Labute approximate surface area is 140 Å². The first-order chi connectivity index (χ1) is 11.1. The maximum atomic E-state index is 12.0. The van der Waals surface area contributed by atoms with Gasteiger partial charge in [0.05, 0.1) is 5.52 Å². The van der Waals surface area contributed by atoms with Gasteiger partial charge in [-0.05, 0) is 31.6 Å². The minimum absolute atomic E-state index is 0.155. The molecule has 0 aliphatic heterocycles. The van der Waals surface area contributed by atoms with Crippen LogP contribution in [0.4, 0.5) is 5.82 Å². The van der Waals surface area contributed by atoms with Gasteiger partial charge in [-0.15, -0.1) is 11.3 Å². The molecular weight excluding hydrogens is 306 g/mol. The Morgan fingerprint density at radius 2 is 2.09 bits per heavy atom. The van der Waals surface area contributed by atoms with E-state index in [0.717, 1.165) is 40.8 Å². The number of thiophene rings is 1. The first kappa shape index (κ1) is 15.9. The highest BCUT2D eigenvalue weighted by atomic mass is 32.1. The Morgan fingerprint density at radius 1 is 1.26 bits per heavy atom. The number of carbonyl (C=O) groups is 1. The molecule has 4 nitrogen and oxygen atoms in total. The lowest BCUT2D eigenvalue weighted by Gasteiger charge is -2.13. The average molecular weight is 327 g/mol. The third-order valence-corrected chi connectivity index (χ3v) is 4.84. The fourth-order valence-electron chi connectivity index (χ4n) is 2.61. The molecule has 0 aliphatic rings. The molecule has 0 radical (unpaired) electrons. The molecule has 1 aromatic carbocycles. The van der Waals surface area contributed by atoms with Crippen molar-refractivity contribution in [3.05, 3.63) is 35.2 Å². The number of fused-ring (bicyclic) bond motifs is 3. The predicted octanol–water partition coefficient (Wildman–Crippen LogP) is 4.02. The van der Waals surface area contributed by atoms with Crippen molar-refractivity contribution in [3.8, 4) is 0 Å². The topological polar surface area (TPSA) is 45.2 Å². The highest BCUT2D eigenvalue weighted by molar-refractivity contribution is 7.18. The summed E-state index contributed by atoms with van der Waals surface area (Å²) in [6, 6.07) is 7.95. The maximum Gasteiger partial charge on any atom is 0.162 e. The molecule has 23 heavy (non-hydrogen) atoms. The van der Waals surface area contributed by atoms with Crippen molar-refractivity contribution in [1.29, 1.82) is 0 Å². The zero-order chi connectivity index (χ0) is 16.4. The number of rotatable bonds is 6. The van der Waals surface area contributed by atoms with E-state index in [1.807, 2.05) is 25.1 Å². The minimum atomic E-state index is 0.155. The number of likely N-dealkylation sites (N-methyl/N-ethyl adjacent to an activating group) is 1. The van der Waals surface area contributed by atoms with Crippen molar-refractivity contribution in [3.63, 3.8) is 0 Å². The summed E-state index contributed by atoms with van der Waals surface area (Å²) in [7, 11) is 4.11. The quantitative estimate of drug-likeness (QED) is 0.695. The third kappa shape index (κ3) is 3.21. The van der Waals surface area contributed by atoms with Crippen molar-refractivity contribution < 1.29 is 4.79 Å². The van der Waals surface area contributed by atoms with Crippen molar-refractivity contribution >= 4 is 43.9 Å². The summed E-state index contributed by atoms with van der Waals surface area (Å²) in [6.45, 7) is 3.67. The van der Waals surface area contributed by atoms with Crippen LogP contribution in [-0.2, 0) is 0 Å². The standard InChI is InChI=1S/C18H21N3OS/c1-4-16(22)12-5-6-13-15(11-12)20-18(19-8-9-21(2)3)14-7-10-23-17(13)14/h5-7,10-11H,4,8-9H2,1-3H3,(H,19,20). The second-order valence-corrected chi connectivity index (χ2v) is 6.78. The summed E-state index contributed by atoms with van der Waals surface area (Å²) >= 11 is 1.72. The van der Waals surface area contributed by atoms with Gasteiger partial charge in [0.2, 0.25) is 0 Å². The average Bonchev–Trinajstić information content (AvgIpc) is 3.03. The molecule has 1 N–H and O–H groups in total. The first-order valence-electron chi connectivity index (χ1n) is 7.83. The van der Waals surface area contributed by atoms with Gasteiger partial charge in [-0.1, -0.05) is 19.1 Å². The van der Waals surface area contributed by atoms with E-state index < -0.39 is 0 Å². The van der Waals surface area contributed by atoms with Crippen molar-refractivity contribution in [2.24, 2.45) is 0 Å². The van der Waals surface area contributed by atoms with Crippen LogP contribution in [0.15, 0.2) is 29.6 Å². The first-order valence-corrected chi connectivity index (χ1v) is 8.71. The fourth-order valence-corrected chi connectivity index (χ4v) is 3.54. The van der Waals surface area contributed by atoms with Gasteiger partial charge in [0, 0.05) is 40.5 Å². The second kappa shape index (κ2) is 6.64. The maximum absolute atomic E-state index is 12.0. The minimum Gasteiger partial charge on any atom is -0.368 e. The molecule has 0 unspecified atom stereocenters. The highest BCUT2D eigenvalue weighted by Crippen LogP contribution is 2.33. The molecule has 2 heterocycles. The van der Waals surface area contributed by atoms with Crippen LogP contribution < -0.4 is 5.32 Å².